The van der Waals surface area contributed by atoms with Crippen LogP contribution in [0, 0.1) is 18.3 Å². The number of carbonyl (C=O) groups excluding carboxylic acids is 3. The minimum absolute atomic E-state index is 0.0463. The number of piperidine rings is 2. The van der Waals surface area contributed by atoms with Crippen molar-refractivity contribution in [2.75, 3.05) is 65.6 Å². The number of aromatic amines is 1. The smallest absolute Gasteiger partial charge is 0.223 e. The molecule has 6 heterocycles. The molecule has 0 spiro atoms. The van der Waals surface area contributed by atoms with Crippen LogP contribution in [-0.4, -0.2) is 147 Å². The average Bonchev–Trinajstić information content (AvgIpc) is 4.23. The Balaban J connectivity index is 0.000000212. The third-order valence-corrected chi connectivity index (χ3v) is 14.1. The minimum Gasteiger partial charge on any atom is -0.490 e. The third-order valence-electron chi connectivity index (χ3n) is 13.2. The van der Waals surface area contributed by atoms with Crippen LogP contribution in [-0.2, 0) is 25.7 Å². The van der Waals surface area contributed by atoms with Crippen LogP contribution in [0.4, 0.5) is 0 Å². The molecule has 0 bridgehead atoms. The van der Waals surface area contributed by atoms with Gasteiger partial charge in [-0.1, -0.05) is 62.3 Å². The highest BCUT2D eigenvalue weighted by Crippen LogP contribution is 2.34. The van der Waals surface area contributed by atoms with Crippen LogP contribution in [0.25, 0.3) is 44.1 Å². The predicted octanol–water partition coefficient (Wildman–Crippen LogP) is 6.89. The molecule has 0 radical (unpaired) electrons. The number of hydrogen-bond acceptors (Lipinski definition) is 15. The van der Waals surface area contributed by atoms with Gasteiger partial charge in [0, 0.05) is 63.2 Å². The van der Waals surface area contributed by atoms with Crippen molar-refractivity contribution in [1.29, 1.82) is 0 Å². The van der Waals surface area contributed by atoms with Gasteiger partial charge in [-0.2, -0.15) is 5.21 Å². The highest BCUT2D eigenvalue weighted by atomic mass is 32.1. The van der Waals surface area contributed by atoms with Crippen LogP contribution < -0.4 is 15.8 Å². The minimum atomic E-state index is -0.307. The maximum Gasteiger partial charge on any atom is 0.223 e. The summed E-state index contributed by atoms with van der Waals surface area (Å²) in [7, 11) is 0. The molecule has 6 aromatic rings. The molecule has 3 aliphatic rings. The number of aliphatic hydroxyl groups excluding tert-OH is 1. The predicted molar refractivity (Wildman–Crippen MR) is 278 cm³/mol. The molecule has 3 fully saturated rings. The molecular formula is C53H71N11O7S. The van der Waals surface area contributed by atoms with E-state index in [9.17, 15) is 19.5 Å². The number of aryl methyl sites for hydroxylation is 1. The summed E-state index contributed by atoms with van der Waals surface area (Å²) in [4.78, 5) is 44.8. The molecule has 0 saturated carbocycles. The zero-order valence-electron chi connectivity index (χ0n) is 42.1. The second-order valence-electron chi connectivity index (χ2n) is 20.1. The zero-order chi connectivity index (χ0) is 50.9. The summed E-state index contributed by atoms with van der Waals surface area (Å²) in [6, 6.07) is 22.0. The lowest BCUT2D eigenvalue weighted by atomic mass is 9.92. The summed E-state index contributed by atoms with van der Waals surface area (Å²) >= 11 is 1.64. The molecule has 19 heteroatoms. The molecule has 1 atom stereocenters. The van der Waals surface area contributed by atoms with Crippen molar-refractivity contribution in [3.05, 3.63) is 83.5 Å². The number of fused-ring (bicyclic) bond motifs is 1. The molecule has 9 rings (SSSR count). The summed E-state index contributed by atoms with van der Waals surface area (Å²) < 4.78 is 17.7. The number of carbonyl (C=O) groups is 3. The molecule has 3 amide bonds. The van der Waals surface area contributed by atoms with Gasteiger partial charge in [0.15, 0.2) is 5.76 Å². The number of thiazole rings is 1. The van der Waals surface area contributed by atoms with Crippen molar-refractivity contribution in [1.82, 2.24) is 50.8 Å². The van der Waals surface area contributed by atoms with Crippen LogP contribution >= 0.6 is 11.3 Å². The fourth-order valence-corrected chi connectivity index (χ4v) is 9.92. The number of tetrazole rings is 1. The maximum absolute atomic E-state index is 11.6. The van der Waals surface area contributed by atoms with E-state index >= 15 is 0 Å². The van der Waals surface area contributed by atoms with Crippen LogP contribution in [0.2, 0.25) is 0 Å². The van der Waals surface area contributed by atoms with E-state index in [1.54, 1.807) is 16.2 Å². The summed E-state index contributed by atoms with van der Waals surface area (Å²) in [6.07, 6.45) is 8.01. The Labute approximate surface area is 426 Å². The van der Waals surface area contributed by atoms with E-state index in [-0.39, 0.29) is 29.4 Å². The molecule has 3 saturated heterocycles. The third kappa shape index (κ3) is 16.5. The van der Waals surface area contributed by atoms with Gasteiger partial charge in [0.25, 0.3) is 0 Å². The number of H-pyrrole nitrogens is 1. The van der Waals surface area contributed by atoms with Crippen molar-refractivity contribution in [3.63, 3.8) is 0 Å². The van der Waals surface area contributed by atoms with Gasteiger partial charge >= 0.3 is 0 Å². The van der Waals surface area contributed by atoms with Crippen molar-refractivity contribution in [2.45, 2.75) is 97.8 Å². The van der Waals surface area contributed by atoms with Gasteiger partial charge in [-0.15, -0.1) is 21.5 Å². The number of primary amides is 1. The molecule has 3 aromatic carbocycles. The first-order chi connectivity index (χ1) is 34.8. The normalized spacial score (nSPS) is 17.0. The fourth-order valence-electron chi connectivity index (χ4n) is 9.11. The summed E-state index contributed by atoms with van der Waals surface area (Å²) in [5.41, 5.74) is 12.9. The number of nitrogens with two attached hydrogens (primary N) is 1. The number of benzene rings is 3. The number of ether oxygens (including phenoxy) is 2. The van der Waals surface area contributed by atoms with Crippen molar-refractivity contribution < 1.29 is 33.5 Å². The van der Waals surface area contributed by atoms with E-state index in [0.29, 0.717) is 57.1 Å². The maximum atomic E-state index is 11.6. The van der Waals surface area contributed by atoms with E-state index in [0.717, 1.165) is 110 Å². The number of nitrogens with one attached hydrogen (secondary N) is 2. The highest BCUT2D eigenvalue weighted by molar-refractivity contribution is 7.13. The number of hydrogen-bond donors (Lipinski definition) is 4. The summed E-state index contributed by atoms with van der Waals surface area (Å²) in [5.74, 6) is 2.72. The number of amides is 3. The molecule has 3 aliphatic heterocycles. The van der Waals surface area contributed by atoms with E-state index < -0.39 is 0 Å². The standard InChI is InChI=1S/C31H40N8O4.C12H12N2OS.C10H19NO2/c32-29(40)11-18-41-19-17-39-13-7-22(8-14-39)6-12-38-15-9-25(10-16-38)42-26-3-1-2-23(20-26)30-27-21-24(31-33-36-37-34-31)4-5-28(27)35-43-30;1-9-12(16-8-14-9)11-4-2-10(3-5-11)6-13-7-15;1-10(2,3)6-9(13)11-5-4-8(12)7-11/h1-5,20-22,25H,6-19H2,(H2,32,40)(H,33,34,36,37);2-5,7-8H,6H2,1H3,(H,13,15);8,12H,4-7H2,1-3H3. The van der Waals surface area contributed by atoms with Crippen molar-refractivity contribution in [3.8, 4) is 38.9 Å². The van der Waals surface area contributed by atoms with Crippen LogP contribution in [0.15, 0.2) is 76.8 Å². The molecule has 18 nitrogen and oxygen atoms in total. The van der Waals surface area contributed by atoms with Crippen LogP contribution in [0.5, 0.6) is 5.75 Å². The monoisotopic (exact) mass is 1010 g/mol. The lowest BCUT2D eigenvalue weighted by molar-refractivity contribution is -0.132. The second-order valence-corrected chi connectivity index (χ2v) is 20.9. The number of aliphatic hydroxyl groups is 1. The Morgan fingerprint density at radius 1 is 0.931 bits per heavy atom. The first-order valence-electron chi connectivity index (χ1n) is 25.1. The lowest BCUT2D eigenvalue weighted by Gasteiger charge is -2.35. The summed E-state index contributed by atoms with van der Waals surface area (Å²) in [6.45, 7) is 17.5. The van der Waals surface area contributed by atoms with E-state index in [4.69, 9.17) is 19.7 Å². The van der Waals surface area contributed by atoms with Gasteiger partial charge in [-0.3, -0.25) is 14.4 Å². The molecule has 1 unspecified atom stereocenters. The van der Waals surface area contributed by atoms with Gasteiger partial charge in [0.05, 0.1) is 40.8 Å². The number of likely N-dealkylation sites (tertiary alicyclic amines) is 3. The van der Waals surface area contributed by atoms with Gasteiger partial charge in [0.2, 0.25) is 24.0 Å². The van der Waals surface area contributed by atoms with E-state index in [1.807, 2.05) is 67.0 Å². The Morgan fingerprint density at radius 2 is 1.68 bits per heavy atom. The highest BCUT2D eigenvalue weighted by Gasteiger charge is 2.28. The first-order valence-corrected chi connectivity index (χ1v) is 26.0. The summed E-state index contributed by atoms with van der Waals surface area (Å²) in [5, 5.41) is 31.3. The lowest BCUT2D eigenvalue weighted by Crippen LogP contribution is -2.40. The molecule has 0 aliphatic carbocycles. The zero-order valence-corrected chi connectivity index (χ0v) is 42.9. The van der Waals surface area contributed by atoms with E-state index in [1.165, 1.54) is 29.7 Å². The number of rotatable bonds is 18. The fraction of sp³-hybridized carbons (Fsp3) is 0.509. The van der Waals surface area contributed by atoms with Crippen molar-refractivity contribution >= 4 is 40.5 Å². The van der Waals surface area contributed by atoms with Crippen LogP contribution in [0.1, 0.15) is 83.4 Å². The van der Waals surface area contributed by atoms with Crippen LogP contribution in [0.3, 0.4) is 0 Å². The number of nitrogens with zero attached hydrogens (tertiary/aromatic N) is 8. The Hall–Kier alpha value is -6.12. The average molecular weight is 1010 g/mol. The number of aromatic nitrogens is 6. The van der Waals surface area contributed by atoms with E-state index in [2.05, 4.69) is 78.8 Å². The second kappa shape index (κ2) is 26.5. The Bertz CT molecular complexity index is 2600. The van der Waals surface area contributed by atoms with Gasteiger partial charge < -0.3 is 44.9 Å². The largest absolute Gasteiger partial charge is 0.490 e. The first kappa shape index (κ1) is 53.7. The Morgan fingerprint density at radius 3 is 2.35 bits per heavy atom. The molecule has 386 valence electrons. The van der Waals surface area contributed by atoms with Gasteiger partial charge in [-0.25, -0.2) is 4.98 Å². The SMILES string of the molecule is CC(C)(C)CC(=O)N1CCC(O)C1.Cc1ncsc1-c1ccc(CNC=O)cc1.NC(=O)CCOCCN1CCC(CCN2CCC(Oc3cccc(-c4onc5ccc(-c6nn[nH]n6)cc45)c3)CC2)CC1. The van der Waals surface area contributed by atoms with Gasteiger partial charge in [0.1, 0.15) is 17.4 Å². The Kier molecular flexibility index (Phi) is 19.8. The van der Waals surface area contributed by atoms with Crippen molar-refractivity contribution in [2.24, 2.45) is 17.1 Å². The number of β-amino-alcohol motifs (C(OH)–C–C–N with tert-alkyl or cyclic N) is 1. The van der Waals surface area contributed by atoms with Gasteiger partial charge in [-0.05, 0) is 123 Å². The topological polar surface area (TPSA) is 231 Å². The molecule has 3 aromatic heterocycles. The quantitative estimate of drug-likeness (QED) is 0.0508. The molecule has 72 heavy (non-hydrogen) atoms. The molecular weight excluding hydrogens is 935 g/mol. The molecule has 5 N–H and O–H groups in total.